The molecular formula is C16H23ClO4. The number of aliphatic carboxylic acids is 1. The van der Waals surface area contributed by atoms with Gasteiger partial charge in [-0.3, -0.25) is 4.79 Å². The minimum absolute atomic E-state index is 0.0120. The van der Waals surface area contributed by atoms with Crippen LogP contribution in [0.1, 0.15) is 51.2 Å². The summed E-state index contributed by atoms with van der Waals surface area (Å²) in [5, 5.41) is 9.66. The topological polar surface area (TPSA) is 55.8 Å². The van der Waals surface area contributed by atoms with Gasteiger partial charge in [0.1, 0.15) is 0 Å². The highest BCUT2D eigenvalue weighted by atomic mass is 35.5. The number of carbonyl (C=O) groups is 1. The van der Waals surface area contributed by atoms with Crippen molar-refractivity contribution < 1.29 is 19.4 Å². The molecule has 1 N–H and O–H groups in total. The van der Waals surface area contributed by atoms with E-state index in [2.05, 4.69) is 0 Å². The van der Waals surface area contributed by atoms with Crippen LogP contribution in [0.25, 0.3) is 0 Å². The maximum atomic E-state index is 11.2. The Morgan fingerprint density at radius 2 is 1.90 bits per heavy atom. The first kappa shape index (κ1) is 17.6. The number of carboxylic acids is 1. The number of rotatable bonds is 6. The molecule has 0 unspecified atom stereocenters. The summed E-state index contributed by atoms with van der Waals surface area (Å²) in [5.74, 6) is 0.433. The molecule has 0 spiro atoms. The van der Waals surface area contributed by atoms with E-state index < -0.39 is 11.4 Å². The van der Waals surface area contributed by atoms with E-state index in [9.17, 15) is 4.79 Å². The lowest BCUT2D eigenvalue weighted by atomic mass is 9.76. The fourth-order valence-electron chi connectivity index (χ4n) is 2.70. The number of ether oxygens (including phenoxy) is 2. The molecular weight excluding hydrogens is 292 g/mol. The van der Waals surface area contributed by atoms with Crippen LogP contribution in [-0.4, -0.2) is 25.3 Å². The van der Waals surface area contributed by atoms with Crippen molar-refractivity contribution in [3.63, 3.8) is 0 Å². The second-order valence-electron chi connectivity index (χ2n) is 5.99. The Bertz CT molecular complexity index is 536. The van der Waals surface area contributed by atoms with Gasteiger partial charge in [0.05, 0.1) is 20.6 Å². The van der Waals surface area contributed by atoms with Gasteiger partial charge in [-0.2, -0.15) is 0 Å². The summed E-state index contributed by atoms with van der Waals surface area (Å²) in [6, 6.07) is 1.69. The average molecular weight is 315 g/mol. The number of benzene rings is 1. The maximum absolute atomic E-state index is 11.2. The molecule has 0 aromatic heterocycles. The van der Waals surface area contributed by atoms with Gasteiger partial charge in [0.15, 0.2) is 11.5 Å². The fraction of sp³-hybridized carbons (Fsp3) is 0.562. The van der Waals surface area contributed by atoms with Crippen molar-refractivity contribution in [1.29, 1.82) is 0 Å². The molecule has 1 aromatic carbocycles. The van der Waals surface area contributed by atoms with E-state index in [1.807, 2.05) is 27.7 Å². The molecule has 21 heavy (non-hydrogen) atoms. The number of halogens is 1. The molecule has 0 aliphatic heterocycles. The standard InChI is InChI=1S/C16H23ClO4/c1-9(2)13-14(16(3,4)8-12(18)19)10(17)7-11(20-5)15(13)21-6/h7,9H,8H2,1-6H3,(H,18,19). The van der Waals surface area contributed by atoms with E-state index in [1.54, 1.807) is 20.3 Å². The lowest BCUT2D eigenvalue weighted by Crippen LogP contribution is -2.25. The van der Waals surface area contributed by atoms with Gasteiger partial charge in [-0.05, 0) is 11.5 Å². The summed E-state index contributed by atoms with van der Waals surface area (Å²) < 4.78 is 10.8. The quantitative estimate of drug-likeness (QED) is 0.853. The highest BCUT2D eigenvalue weighted by molar-refractivity contribution is 6.32. The molecule has 0 aliphatic carbocycles. The SMILES string of the molecule is COc1cc(Cl)c(C(C)(C)CC(=O)O)c(C(C)C)c1OC. The van der Waals surface area contributed by atoms with Crippen LogP contribution in [0.5, 0.6) is 11.5 Å². The van der Waals surface area contributed by atoms with Gasteiger partial charge in [0, 0.05) is 22.1 Å². The van der Waals surface area contributed by atoms with Gasteiger partial charge < -0.3 is 14.6 Å². The van der Waals surface area contributed by atoms with Crippen LogP contribution in [0, 0.1) is 0 Å². The summed E-state index contributed by atoms with van der Waals surface area (Å²) in [4.78, 5) is 11.2. The minimum Gasteiger partial charge on any atom is -0.493 e. The molecule has 0 radical (unpaired) electrons. The Morgan fingerprint density at radius 1 is 1.33 bits per heavy atom. The Morgan fingerprint density at radius 3 is 2.29 bits per heavy atom. The second-order valence-corrected chi connectivity index (χ2v) is 6.40. The van der Waals surface area contributed by atoms with Gasteiger partial charge >= 0.3 is 5.97 Å². The molecule has 118 valence electrons. The van der Waals surface area contributed by atoms with Crippen molar-refractivity contribution in [3.8, 4) is 11.5 Å². The molecule has 4 nitrogen and oxygen atoms in total. The van der Waals surface area contributed by atoms with Crippen LogP contribution in [0.2, 0.25) is 5.02 Å². The first-order valence-corrected chi connectivity index (χ1v) is 7.20. The summed E-state index contributed by atoms with van der Waals surface area (Å²) in [7, 11) is 3.13. The lowest BCUT2D eigenvalue weighted by Gasteiger charge is -2.30. The maximum Gasteiger partial charge on any atom is 0.304 e. The molecule has 0 saturated heterocycles. The van der Waals surface area contributed by atoms with E-state index in [-0.39, 0.29) is 12.3 Å². The van der Waals surface area contributed by atoms with Crippen molar-refractivity contribution in [2.75, 3.05) is 14.2 Å². The Kier molecular flexibility index (Phi) is 5.51. The molecule has 0 atom stereocenters. The first-order chi connectivity index (χ1) is 9.65. The fourth-order valence-corrected chi connectivity index (χ4v) is 3.15. The minimum atomic E-state index is -0.861. The molecule has 1 aromatic rings. The van der Waals surface area contributed by atoms with E-state index in [4.69, 9.17) is 26.2 Å². The number of hydrogen-bond donors (Lipinski definition) is 1. The monoisotopic (exact) mass is 314 g/mol. The highest BCUT2D eigenvalue weighted by Crippen LogP contribution is 2.47. The zero-order valence-electron chi connectivity index (χ0n) is 13.4. The average Bonchev–Trinajstić information content (AvgIpc) is 2.34. The van der Waals surface area contributed by atoms with Crippen LogP contribution in [-0.2, 0) is 10.2 Å². The normalized spacial score (nSPS) is 11.6. The third-order valence-electron chi connectivity index (χ3n) is 3.51. The van der Waals surface area contributed by atoms with Gasteiger partial charge in [-0.15, -0.1) is 0 Å². The predicted octanol–water partition coefficient (Wildman–Crippen LogP) is 4.23. The Hall–Kier alpha value is -1.42. The van der Waals surface area contributed by atoms with Crippen molar-refractivity contribution >= 4 is 17.6 Å². The summed E-state index contributed by atoms with van der Waals surface area (Å²) in [6.07, 6.45) is -0.0120. The van der Waals surface area contributed by atoms with Gasteiger partial charge in [0.25, 0.3) is 0 Å². The number of hydrogen-bond acceptors (Lipinski definition) is 3. The van der Waals surface area contributed by atoms with E-state index in [0.717, 1.165) is 11.1 Å². The third kappa shape index (κ3) is 3.62. The van der Waals surface area contributed by atoms with Gasteiger partial charge in [-0.1, -0.05) is 39.3 Å². The lowest BCUT2D eigenvalue weighted by molar-refractivity contribution is -0.138. The summed E-state index contributed by atoms with van der Waals surface area (Å²) in [6.45, 7) is 7.79. The molecule has 5 heteroatoms. The molecule has 0 aliphatic rings. The van der Waals surface area contributed by atoms with Crippen LogP contribution in [0.15, 0.2) is 6.07 Å². The number of carboxylic acid groups (broad SMARTS) is 1. The van der Waals surface area contributed by atoms with E-state index >= 15 is 0 Å². The third-order valence-corrected chi connectivity index (χ3v) is 3.80. The van der Waals surface area contributed by atoms with Crippen LogP contribution in [0.3, 0.4) is 0 Å². The molecule has 0 fully saturated rings. The van der Waals surface area contributed by atoms with Crippen molar-refractivity contribution in [2.24, 2.45) is 0 Å². The molecule has 0 saturated carbocycles. The highest BCUT2D eigenvalue weighted by Gasteiger charge is 2.33. The number of methoxy groups -OCH3 is 2. The molecule has 0 heterocycles. The zero-order valence-corrected chi connectivity index (χ0v) is 14.2. The van der Waals surface area contributed by atoms with E-state index in [0.29, 0.717) is 16.5 Å². The van der Waals surface area contributed by atoms with E-state index in [1.165, 1.54) is 0 Å². The zero-order chi connectivity index (χ0) is 16.4. The Labute approximate surface area is 131 Å². The van der Waals surface area contributed by atoms with Crippen LogP contribution in [0.4, 0.5) is 0 Å². The van der Waals surface area contributed by atoms with Crippen LogP contribution >= 0.6 is 11.6 Å². The first-order valence-electron chi connectivity index (χ1n) is 6.82. The van der Waals surface area contributed by atoms with Gasteiger partial charge in [0.2, 0.25) is 0 Å². The largest absolute Gasteiger partial charge is 0.493 e. The smallest absolute Gasteiger partial charge is 0.304 e. The van der Waals surface area contributed by atoms with Crippen molar-refractivity contribution in [3.05, 3.63) is 22.2 Å². The van der Waals surface area contributed by atoms with Crippen molar-refractivity contribution in [2.45, 2.75) is 45.4 Å². The van der Waals surface area contributed by atoms with Crippen LogP contribution < -0.4 is 9.47 Å². The molecule has 0 bridgehead atoms. The summed E-state index contributed by atoms with van der Waals surface area (Å²) in [5.41, 5.74) is 1.09. The van der Waals surface area contributed by atoms with Gasteiger partial charge in [-0.25, -0.2) is 0 Å². The second kappa shape index (κ2) is 6.56. The Balaban J connectivity index is 3.68. The molecule has 0 amide bonds. The van der Waals surface area contributed by atoms with Crippen molar-refractivity contribution in [1.82, 2.24) is 0 Å². The summed E-state index contributed by atoms with van der Waals surface area (Å²) >= 11 is 6.43. The predicted molar refractivity (Wildman–Crippen MR) is 83.9 cm³/mol. The molecule has 1 rings (SSSR count).